The zero-order valence-electron chi connectivity index (χ0n) is 7.75. The molecule has 4 heteroatoms. The van der Waals surface area contributed by atoms with E-state index >= 15 is 0 Å². The van der Waals surface area contributed by atoms with Gasteiger partial charge in [0, 0.05) is 10.0 Å². The van der Waals surface area contributed by atoms with Crippen LogP contribution < -0.4 is 15.2 Å². The average Bonchev–Trinajstić information content (AvgIpc) is 2.64. The molecule has 0 radical (unpaired) electrons. The van der Waals surface area contributed by atoms with E-state index < -0.39 is 0 Å². The molecule has 0 amide bonds. The maximum atomic E-state index is 5.48. The van der Waals surface area contributed by atoms with Gasteiger partial charge in [0.15, 0.2) is 11.5 Å². The third-order valence-corrected chi connectivity index (χ3v) is 2.96. The molecular weight excluding hydrogens is 246 g/mol. The summed E-state index contributed by atoms with van der Waals surface area (Å²) < 4.78 is 11.8. The van der Waals surface area contributed by atoms with E-state index in [0.717, 1.165) is 34.4 Å². The summed E-state index contributed by atoms with van der Waals surface area (Å²) in [5, 5.41) is 0. The van der Waals surface area contributed by atoms with Gasteiger partial charge < -0.3 is 15.2 Å². The summed E-state index contributed by atoms with van der Waals surface area (Å²) in [6.45, 7) is 1.01. The van der Waals surface area contributed by atoms with Crippen molar-refractivity contribution in [2.75, 3.05) is 13.3 Å². The Bertz CT molecular complexity index is 341. The Hall–Kier alpha value is -0.740. The summed E-state index contributed by atoms with van der Waals surface area (Å²) >= 11 is 3.50. The van der Waals surface area contributed by atoms with Crippen LogP contribution in [0.15, 0.2) is 16.6 Å². The maximum Gasteiger partial charge on any atom is 0.231 e. The van der Waals surface area contributed by atoms with Crippen molar-refractivity contribution in [2.24, 2.45) is 5.73 Å². The quantitative estimate of drug-likeness (QED) is 0.902. The van der Waals surface area contributed by atoms with Crippen LogP contribution in [0.1, 0.15) is 12.0 Å². The lowest BCUT2D eigenvalue weighted by molar-refractivity contribution is 0.173. The lowest BCUT2D eigenvalue weighted by Gasteiger charge is -2.07. The molecule has 1 heterocycles. The fraction of sp³-hybridized carbons (Fsp3) is 0.400. The highest BCUT2D eigenvalue weighted by atomic mass is 79.9. The fourth-order valence-corrected chi connectivity index (χ4v) is 2.03. The second-order valence-corrected chi connectivity index (χ2v) is 4.01. The molecule has 0 unspecified atom stereocenters. The molecule has 0 aliphatic carbocycles. The monoisotopic (exact) mass is 257 g/mol. The van der Waals surface area contributed by atoms with Gasteiger partial charge in [0.05, 0.1) is 0 Å². The molecule has 76 valence electrons. The van der Waals surface area contributed by atoms with Crippen molar-refractivity contribution < 1.29 is 9.47 Å². The van der Waals surface area contributed by atoms with Crippen molar-refractivity contribution in [2.45, 2.75) is 12.8 Å². The summed E-state index contributed by atoms with van der Waals surface area (Å²) in [4.78, 5) is 0. The van der Waals surface area contributed by atoms with Crippen LogP contribution in [0.4, 0.5) is 0 Å². The first kappa shape index (κ1) is 9.80. The van der Waals surface area contributed by atoms with E-state index in [-0.39, 0.29) is 0 Å². The molecule has 1 aromatic carbocycles. The van der Waals surface area contributed by atoms with Crippen molar-refractivity contribution in [3.63, 3.8) is 0 Å². The van der Waals surface area contributed by atoms with Gasteiger partial charge in [-0.05, 0) is 31.5 Å². The van der Waals surface area contributed by atoms with Crippen molar-refractivity contribution in [1.29, 1.82) is 0 Å². The fourth-order valence-electron chi connectivity index (χ4n) is 1.52. The van der Waals surface area contributed by atoms with Gasteiger partial charge in [-0.2, -0.15) is 0 Å². The molecule has 1 aromatic rings. The van der Waals surface area contributed by atoms with Crippen LogP contribution in [-0.4, -0.2) is 13.3 Å². The number of fused-ring (bicyclic) bond motifs is 1. The third-order valence-electron chi connectivity index (χ3n) is 2.22. The predicted octanol–water partition coefficient (Wildman–Crippen LogP) is 2.07. The van der Waals surface area contributed by atoms with E-state index in [4.69, 9.17) is 15.2 Å². The first-order valence-corrected chi connectivity index (χ1v) is 5.39. The summed E-state index contributed by atoms with van der Waals surface area (Å²) in [6, 6.07) is 3.90. The Kier molecular flexibility index (Phi) is 2.93. The standard InChI is InChI=1S/C10H12BrNO2/c11-8-3-4-9-10(14-6-13-9)7(8)2-1-5-12/h3-4H,1-2,5-6,12H2. The Morgan fingerprint density at radius 1 is 1.36 bits per heavy atom. The SMILES string of the molecule is NCCCc1c(Br)ccc2c1OCO2. The van der Waals surface area contributed by atoms with Gasteiger partial charge in [-0.25, -0.2) is 0 Å². The predicted molar refractivity (Wildman–Crippen MR) is 57.6 cm³/mol. The molecule has 0 aromatic heterocycles. The van der Waals surface area contributed by atoms with Crippen molar-refractivity contribution in [1.82, 2.24) is 0 Å². The van der Waals surface area contributed by atoms with Crippen molar-refractivity contribution >= 4 is 15.9 Å². The van der Waals surface area contributed by atoms with Crippen molar-refractivity contribution in [3.8, 4) is 11.5 Å². The topological polar surface area (TPSA) is 44.5 Å². The van der Waals surface area contributed by atoms with Crippen LogP contribution >= 0.6 is 15.9 Å². The average molecular weight is 258 g/mol. The molecule has 0 bridgehead atoms. The lowest BCUT2D eigenvalue weighted by Crippen LogP contribution is -2.01. The third kappa shape index (κ3) is 1.72. The molecule has 0 spiro atoms. The Morgan fingerprint density at radius 2 is 2.21 bits per heavy atom. The van der Waals surface area contributed by atoms with Gasteiger partial charge in [-0.15, -0.1) is 0 Å². The normalized spacial score (nSPS) is 13.3. The molecule has 3 nitrogen and oxygen atoms in total. The van der Waals surface area contributed by atoms with Gasteiger partial charge in [0.2, 0.25) is 6.79 Å². The van der Waals surface area contributed by atoms with Crippen LogP contribution in [-0.2, 0) is 6.42 Å². The Morgan fingerprint density at radius 3 is 3.00 bits per heavy atom. The molecule has 1 aliphatic rings. The van der Waals surface area contributed by atoms with Gasteiger partial charge in [-0.3, -0.25) is 0 Å². The summed E-state index contributed by atoms with van der Waals surface area (Å²) in [6.07, 6.45) is 1.88. The van der Waals surface area contributed by atoms with E-state index in [0.29, 0.717) is 13.3 Å². The van der Waals surface area contributed by atoms with Crippen molar-refractivity contribution in [3.05, 3.63) is 22.2 Å². The zero-order chi connectivity index (χ0) is 9.97. The van der Waals surface area contributed by atoms with E-state index in [2.05, 4.69) is 15.9 Å². The minimum absolute atomic E-state index is 0.321. The van der Waals surface area contributed by atoms with Gasteiger partial charge in [-0.1, -0.05) is 15.9 Å². The second-order valence-electron chi connectivity index (χ2n) is 3.15. The summed E-state index contributed by atoms with van der Waals surface area (Å²) in [5.74, 6) is 1.70. The van der Waals surface area contributed by atoms with Gasteiger partial charge >= 0.3 is 0 Å². The molecule has 0 saturated heterocycles. The molecule has 0 atom stereocenters. The first-order valence-electron chi connectivity index (χ1n) is 4.60. The van der Waals surface area contributed by atoms with E-state index in [1.807, 2.05) is 12.1 Å². The summed E-state index contributed by atoms with van der Waals surface area (Å²) in [7, 11) is 0. The maximum absolute atomic E-state index is 5.48. The Balaban J connectivity index is 2.31. The van der Waals surface area contributed by atoms with E-state index in [9.17, 15) is 0 Å². The number of benzene rings is 1. The number of hydrogen-bond donors (Lipinski definition) is 1. The molecular formula is C10H12BrNO2. The van der Waals surface area contributed by atoms with Gasteiger partial charge in [0.1, 0.15) is 0 Å². The van der Waals surface area contributed by atoms with Crippen LogP contribution in [0, 0.1) is 0 Å². The minimum atomic E-state index is 0.321. The number of hydrogen-bond acceptors (Lipinski definition) is 3. The molecule has 0 saturated carbocycles. The second kappa shape index (κ2) is 4.19. The molecule has 2 rings (SSSR count). The summed E-state index contributed by atoms with van der Waals surface area (Å²) in [5.41, 5.74) is 6.64. The molecule has 1 aliphatic heterocycles. The number of halogens is 1. The van der Waals surface area contributed by atoms with Crippen LogP contribution in [0.25, 0.3) is 0 Å². The smallest absolute Gasteiger partial charge is 0.231 e. The number of rotatable bonds is 3. The zero-order valence-corrected chi connectivity index (χ0v) is 9.34. The number of ether oxygens (including phenoxy) is 2. The van der Waals surface area contributed by atoms with E-state index in [1.54, 1.807) is 0 Å². The molecule has 14 heavy (non-hydrogen) atoms. The highest BCUT2D eigenvalue weighted by Crippen LogP contribution is 2.39. The lowest BCUT2D eigenvalue weighted by atomic mass is 10.1. The van der Waals surface area contributed by atoms with Crippen LogP contribution in [0.2, 0.25) is 0 Å². The largest absolute Gasteiger partial charge is 0.454 e. The molecule has 2 N–H and O–H groups in total. The Labute approximate surface area is 91.3 Å². The van der Waals surface area contributed by atoms with Gasteiger partial charge in [0.25, 0.3) is 0 Å². The van der Waals surface area contributed by atoms with Crippen LogP contribution in [0.3, 0.4) is 0 Å². The number of nitrogens with two attached hydrogens (primary N) is 1. The highest BCUT2D eigenvalue weighted by molar-refractivity contribution is 9.10. The first-order chi connectivity index (χ1) is 6.83. The highest BCUT2D eigenvalue weighted by Gasteiger charge is 2.19. The molecule has 0 fully saturated rings. The van der Waals surface area contributed by atoms with E-state index in [1.165, 1.54) is 0 Å². The minimum Gasteiger partial charge on any atom is -0.454 e. The van der Waals surface area contributed by atoms with Crippen LogP contribution in [0.5, 0.6) is 11.5 Å².